The molecule has 5 nitrogen and oxygen atoms in total. The number of rotatable bonds is 56. The summed E-state index contributed by atoms with van der Waals surface area (Å²) in [5.41, 5.74) is 0. The van der Waals surface area contributed by atoms with E-state index < -0.39 is 6.10 Å². The van der Waals surface area contributed by atoms with Crippen molar-refractivity contribution >= 4 is 11.9 Å². The SMILES string of the molecule is CCCCCCCCCCCCCCCCCCCCCCCCCCCCCCCCCCCCCCCCCCCC(=O)OC(CO)COC(=O)CCCCCCCCCCC. The molecule has 382 valence electrons. The molecule has 0 aliphatic heterocycles. The monoisotopic (exact) mass is 905 g/mol. The van der Waals surface area contributed by atoms with Crippen molar-refractivity contribution in [3.8, 4) is 0 Å². The van der Waals surface area contributed by atoms with E-state index in [1.54, 1.807) is 0 Å². The maximum Gasteiger partial charge on any atom is 0.306 e. The van der Waals surface area contributed by atoms with Crippen LogP contribution >= 0.6 is 0 Å². The smallest absolute Gasteiger partial charge is 0.306 e. The van der Waals surface area contributed by atoms with Crippen LogP contribution in [0, 0.1) is 0 Å². The Morgan fingerprint density at radius 1 is 0.297 bits per heavy atom. The molecule has 0 aliphatic rings. The van der Waals surface area contributed by atoms with Gasteiger partial charge in [-0.15, -0.1) is 0 Å². The van der Waals surface area contributed by atoms with Gasteiger partial charge in [-0.25, -0.2) is 0 Å². The largest absolute Gasteiger partial charge is 0.462 e. The summed E-state index contributed by atoms with van der Waals surface area (Å²) >= 11 is 0. The van der Waals surface area contributed by atoms with E-state index >= 15 is 0 Å². The molecular formula is C59H116O5. The van der Waals surface area contributed by atoms with Crippen molar-refractivity contribution in [1.29, 1.82) is 0 Å². The van der Waals surface area contributed by atoms with Crippen molar-refractivity contribution in [1.82, 2.24) is 0 Å². The minimum atomic E-state index is -0.762. The Hall–Kier alpha value is -1.10. The van der Waals surface area contributed by atoms with Crippen molar-refractivity contribution in [3.05, 3.63) is 0 Å². The third-order valence-electron chi connectivity index (χ3n) is 13.9. The van der Waals surface area contributed by atoms with E-state index in [2.05, 4.69) is 13.8 Å². The molecule has 1 unspecified atom stereocenters. The molecule has 0 aliphatic carbocycles. The Bertz CT molecular complexity index is 891. The summed E-state index contributed by atoms with van der Waals surface area (Å²) < 4.78 is 10.6. The van der Waals surface area contributed by atoms with E-state index in [9.17, 15) is 14.7 Å². The molecule has 0 amide bonds. The summed E-state index contributed by atoms with van der Waals surface area (Å²) in [7, 11) is 0. The summed E-state index contributed by atoms with van der Waals surface area (Å²) in [6, 6.07) is 0. The van der Waals surface area contributed by atoms with Crippen molar-refractivity contribution in [2.24, 2.45) is 0 Å². The maximum atomic E-state index is 12.2. The molecule has 0 rings (SSSR count). The molecule has 0 saturated heterocycles. The third-order valence-corrected chi connectivity index (χ3v) is 13.9. The van der Waals surface area contributed by atoms with E-state index in [1.165, 1.54) is 283 Å². The average molecular weight is 906 g/mol. The molecule has 0 aromatic heterocycles. The fourth-order valence-electron chi connectivity index (χ4n) is 9.44. The number of ether oxygens (including phenoxy) is 2. The van der Waals surface area contributed by atoms with Gasteiger partial charge in [-0.05, 0) is 12.8 Å². The second-order valence-electron chi connectivity index (χ2n) is 20.4. The van der Waals surface area contributed by atoms with Crippen LogP contribution in [-0.4, -0.2) is 36.4 Å². The number of carbonyl (C=O) groups excluding carboxylic acids is 2. The predicted molar refractivity (Wildman–Crippen MR) is 279 cm³/mol. The number of hydrogen-bond donors (Lipinski definition) is 1. The molecule has 0 spiro atoms. The van der Waals surface area contributed by atoms with Gasteiger partial charge >= 0.3 is 11.9 Å². The highest BCUT2D eigenvalue weighted by molar-refractivity contribution is 5.70. The van der Waals surface area contributed by atoms with Crippen LogP contribution in [0.2, 0.25) is 0 Å². The van der Waals surface area contributed by atoms with Crippen LogP contribution in [0.15, 0.2) is 0 Å². The number of hydrogen-bond acceptors (Lipinski definition) is 5. The van der Waals surface area contributed by atoms with E-state index in [1.807, 2.05) is 0 Å². The minimum Gasteiger partial charge on any atom is -0.462 e. The summed E-state index contributed by atoms with van der Waals surface area (Å²) in [5.74, 6) is -0.574. The van der Waals surface area contributed by atoms with Crippen LogP contribution in [0.4, 0.5) is 0 Å². The zero-order valence-corrected chi connectivity index (χ0v) is 43.8. The van der Waals surface area contributed by atoms with Crippen LogP contribution in [-0.2, 0) is 19.1 Å². The zero-order chi connectivity index (χ0) is 46.3. The molecule has 64 heavy (non-hydrogen) atoms. The summed E-state index contributed by atoms with van der Waals surface area (Å²) in [5, 5.41) is 9.58. The van der Waals surface area contributed by atoms with Crippen LogP contribution in [0.5, 0.6) is 0 Å². The van der Waals surface area contributed by atoms with Crippen LogP contribution in [0.25, 0.3) is 0 Å². The Balaban J connectivity index is 3.27. The van der Waals surface area contributed by atoms with Gasteiger partial charge in [0.05, 0.1) is 6.61 Å². The van der Waals surface area contributed by atoms with Gasteiger partial charge in [0.2, 0.25) is 0 Å². The van der Waals surface area contributed by atoms with Crippen molar-refractivity contribution in [2.75, 3.05) is 13.2 Å². The highest BCUT2D eigenvalue weighted by atomic mass is 16.6. The normalized spacial score (nSPS) is 12.0. The van der Waals surface area contributed by atoms with E-state index in [0.717, 1.165) is 38.5 Å². The fraction of sp³-hybridized carbons (Fsp3) is 0.966. The molecule has 0 aromatic carbocycles. The third kappa shape index (κ3) is 53.5. The van der Waals surface area contributed by atoms with Crippen molar-refractivity contribution < 1.29 is 24.2 Å². The van der Waals surface area contributed by atoms with Crippen LogP contribution in [0.1, 0.15) is 348 Å². The van der Waals surface area contributed by atoms with E-state index in [0.29, 0.717) is 12.8 Å². The first kappa shape index (κ1) is 62.9. The molecule has 0 bridgehead atoms. The van der Waals surface area contributed by atoms with Gasteiger partial charge in [-0.1, -0.05) is 322 Å². The van der Waals surface area contributed by atoms with Crippen LogP contribution in [0.3, 0.4) is 0 Å². The molecule has 0 saturated carbocycles. The minimum absolute atomic E-state index is 0.0573. The number of aliphatic hydroxyl groups excluding tert-OH is 1. The summed E-state index contributed by atoms with van der Waals surface area (Å²) in [6.45, 7) is 4.16. The van der Waals surface area contributed by atoms with Gasteiger partial charge < -0.3 is 14.6 Å². The average Bonchev–Trinajstić information content (AvgIpc) is 3.30. The standard InChI is InChI=1S/C59H116O5/c1-3-5-7-9-11-13-14-15-16-17-18-19-20-21-22-23-24-25-26-27-28-29-30-31-32-33-34-35-36-37-38-39-40-41-42-43-44-46-48-50-52-54-59(62)64-57(55-60)56-63-58(61)53-51-49-47-45-12-10-8-6-4-2/h57,60H,3-56H2,1-2H3. The highest BCUT2D eigenvalue weighted by Crippen LogP contribution is 2.19. The Labute approximate surface area is 401 Å². The van der Waals surface area contributed by atoms with E-state index in [4.69, 9.17) is 9.47 Å². The number of aliphatic hydroxyl groups is 1. The maximum absolute atomic E-state index is 12.2. The number of esters is 2. The molecule has 0 heterocycles. The number of carbonyl (C=O) groups is 2. The Morgan fingerprint density at radius 3 is 0.688 bits per heavy atom. The van der Waals surface area contributed by atoms with Crippen molar-refractivity contribution in [3.63, 3.8) is 0 Å². The first-order chi connectivity index (χ1) is 31.6. The van der Waals surface area contributed by atoms with Crippen molar-refractivity contribution in [2.45, 2.75) is 354 Å². The molecular weight excluding hydrogens is 789 g/mol. The Morgan fingerprint density at radius 2 is 0.484 bits per heavy atom. The molecule has 1 N–H and O–H groups in total. The lowest BCUT2D eigenvalue weighted by Crippen LogP contribution is -2.28. The van der Waals surface area contributed by atoms with Gasteiger partial charge in [0.15, 0.2) is 6.10 Å². The van der Waals surface area contributed by atoms with Gasteiger partial charge in [-0.3, -0.25) is 9.59 Å². The lowest BCUT2D eigenvalue weighted by molar-refractivity contribution is -0.161. The second kappa shape index (κ2) is 56.2. The number of unbranched alkanes of at least 4 members (excludes halogenated alkanes) is 48. The van der Waals surface area contributed by atoms with E-state index in [-0.39, 0.29) is 25.2 Å². The second-order valence-corrected chi connectivity index (χ2v) is 20.4. The topological polar surface area (TPSA) is 72.8 Å². The predicted octanol–water partition coefficient (Wildman–Crippen LogP) is 19.8. The summed E-state index contributed by atoms with van der Waals surface area (Å²) in [4.78, 5) is 24.3. The zero-order valence-electron chi connectivity index (χ0n) is 43.8. The lowest BCUT2D eigenvalue weighted by atomic mass is 10.0. The quantitative estimate of drug-likeness (QED) is 0.0486. The van der Waals surface area contributed by atoms with Gasteiger partial charge in [0, 0.05) is 12.8 Å². The van der Waals surface area contributed by atoms with Gasteiger partial charge in [0.25, 0.3) is 0 Å². The highest BCUT2D eigenvalue weighted by Gasteiger charge is 2.16. The lowest BCUT2D eigenvalue weighted by Gasteiger charge is -2.15. The molecule has 5 heteroatoms. The molecule has 1 atom stereocenters. The molecule has 0 aromatic rings. The fourth-order valence-corrected chi connectivity index (χ4v) is 9.44. The Kier molecular flexibility index (Phi) is 55.3. The van der Waals surface area contributed by atoms with Gasteiger partial charge in [-0.2, -0.15) is 0 Å². The summed E-state index contributed by atoms with van der Waals surface area (Å²) in [6.07, 6.45) is 68.6. The first-order valence-electron chi connectivity index (χ1n) is 29.6. The van der Waals surface area contributed by atoms with Crippen LogP contribution < -0.4 is 0 Å². The first-order valence-corrected chi connectivity index (χ1v) is 29.6. The molecule has 0 fully saturated rings. The van der Waals surface area contributed by atoms with Gasteiger partial charge in [0.1, 0.15) is 6.61 Å². The molecule has 0 radical (unpaired) electrons.